The van der Waals surface area contributed by atoms with Crippen molar-refractivity contribution in [3.8, 4) is 0 Å². The van der Waals surface area contributed by atoms with Crippen LogP contribution in [0.25, 0.3) is 0 Å². The van der Waals surface area contributed by atoms with Gasteiger partial charge in [-0.2, -0.15) is 0 Å². The Morgan fingerprint density at radius 1 is 1.33 bits per heavy atom. The van der Waals surface area contributed by atoms with Crippen LogP contribution < -0.4 is 5.32 Å². The standard InChI is InChI=1S/C16H28ClNO3/c1-13-9-14-3-2-4-16(10-13,11-14)12-15(19)18-5-6-20-7-8-21-17/h13-14H,2-12H2,1H3,(H,18,19). The Bertz CT molecular complexity index is 335. The summed E-state index contributed by atoms with van der Waals surface area (Å²) in [5.74, 6) is 1.81. The lowest BCUT2D eigenvalue weighted by molar-refractivity contribution is -0.125. The summed E-state index contributed by atoms with van der Waals surface area (Å²) in [7, 11) is 0. The van der Waals surface area contributed by atoms with Crippen LogP contribution in [0, 0.1) is 17.3 Å². The van der Waals surface area contributed by atoms with Crippen molar-refractivity contribution in [2.75, 3.05) is 26.4 Å². The average molecular weight is 318 g/mol. The molecule has 1 amide bonds. The molecule has 4 nitrogen and oxygen atoms in total. The molecular weight excluding hydrogens is 290 g/mol. The third-order valence-corrected chi connectivity index (χ3v) is 5.12. The zero-order valence-electron chi connectivity index (χ0n) is 13.0. The van der Waals surface area contributed by atoms with Crippen LogP contribution >= 0.6 is 11.9 Å². The van der Waals surface area contributed by atoms with E-state index < -0.39 is 0 Å². The van der Waals surface area contributed by atoms with Crippen LogP contribution in [0.4, 0.5) is 0 Å². The summed E-state index contributed by atoms with van der Waals surface area (Å²) in [5, 5.41) is 2.98. The lowest BCUT2D eigenvalue weighted by Gasteiger charge is -2.47. The summed E-state index contributed by atoms with van der Waals surface area (Å²) in [5.41, 5.74) is 0.276. The molecule has 2 bridgehead atoms. The van der Waals surface area contributed by atoms with E-state index in [-0.39, 0.29) is 11.3 Å². The van der Waals surface area contributed by atoms with Crippen LogP contribution in [-0.2, 0) is 13.8 Å². The van der Waals surface area contributed by atoms with Gasteiger partial charge in [-0.3, -0.25) is 9.08 Å². The molecule has 5 heteroatoms. The van der Waals surface area contributed by atoms with E-state index in [1.807, 2.05) is 0 Å². The first-order valence-corrected chi connectivity index (χ1v) is 8.52. The summed E-state index contributed by atoms with van der Waals surface area (Å²) in [4.78, 5) is 12.2. The Balaban J connectivity index is 1.69. The van der Waals surface area contributed by atoms with E-state index in [0.29, 0.717) is 32.8 Å². The Kier molecular flexibility index (Phi) is 6.77. The predicted molar refractivity (Wildman–Crippen MR) is 83.0 cm³/mol. The van der Waals surface area contributed by atoms with Gasteiger partial charge in [-0.25, -0.2) is 0 Å². The van der Waals surface area contributed by atoms with E-state index in [2.05, 4.69) is 16.5 Å². The number of hydrogen-bond donors (Lipinski definition) is 1. The maximum absolute atomic E-state index is 12.2. The molecule has 2 saturated carbocycles. The van der Waals surface area contributed by atoms with Crippen LogP contribution in [0.3, 0.4) is 0 Å². The number of carbonyl (C=O) groups excluding carboxylic acids is 1. The Hall–Kier alpha value is -0.320. The molecule has 0 aliphatic heterocycles. The van der Waals surface area contributed by atoms with Crippen LogP contribution in [0.1, 0.15) is 51.9 Å². The molecule has 21 heavy (non-hydrogen) atoms. The first-order valence-electron chi connectivity index (χ1n) is 8.21. The quantitative estimate of drug-likeness (QED) is 0.699. The molecule has 3 atom stereocenters. The highest BCUT2D eigenvalue weighted by Crippen LogP contribution is 2.52. The maximum Gasteiger partial charge on any atom is 0.220 e. The van der Waals surface area contributed by atoms with Gasteiger partial charge in [0.2, 0.25) is 5.91 Å². The van der Waals surface area contributed by atoms with Gasteiger partial charge in [0.05, 0.1) is 31.7 Å². The summed E-state index contributed by atoms with van der Waals surface area (Å²) in [6, 6.07) is 0. The van der Waals surface area contributed by atoms with E-state index in [9.17, 15) is 4.79 Å². The largest absolute Gasteiger partial charge is 0.377 e. The summed E-state index contributed by atoms with van der Waals surface area (Å²) >= 11 is 5.08. The van der Waals surface area contributed by atoms with Crippen LogP contribution in [-0.4, -0.2) is 32.3 Å². The normalized spacial score (nSPS) is 31.9. The number of halogens is 1. The monoisotopic (exact) mass is 317 g/mol. The molecule has 0 heterocycles. The molecule has 2 aliphatic carbocycles. The average Bonchev–Trinajstić information content (AvgIpc) is 2.41. The third kappa shape index (κ3) is 5.42. The fraction of sp³-hybridized carbons (Fsp3) is 0.938. The zero-order chi connectivity index (χ0) is 15.1. The minimum absolute atomic E-state index is 0.182. The molecule has 2 fully saturated rings. The maximum atomic E-state index is 12.2. The highest BCUT2D eigenvalue weighted by molar-refractivity contribution is 6.07. The second-order valence-electron chi connectivity index (χ2n) is 6.96. The molecule has 0 spiro atoms. The Labute approximate surface area is 133 Å². The molecule has 0 radical (unpaired) electrons. The lowest BCUT2D eigenvalue weighted by Crippen LogP contribution is -2.40. The highest BCUT2D eigenvalue weighted by Gasteiger charge is 2.42. The minimum Gasteiger partial charge on any atom is -0.377 e. The molecule has 0 aromatic heterocycles. The van der Waals surface area contributed by atoms with Crippen molar-refractivity contribution < 1.29 is 13.8 Å². The number of ether oxygens (including phenoxy) is 1. The van der Waals surface area contributed by atoms with E-state index >= 15 is 0 Å². The van der Waals surface area contributed by atoms with Crippen molar-refractivity contribution in [2.24, 2.45) is 17.3 Å². The SMILES string of the molecule is CC1CC2CCCC(CC(=O)NCCOCCOCl)(C1)C2. The fourth-order valence-electron chi connectivity index (χ4n) is 4.45. The number of carbonyl (C=O) groups is 1. The Morgan fingerprint density at radius 2 is 2.19 bits per heavy atom. The van der Waals surface area contributed by atoms with Gasteiger partial charge in [0, 0.05) is 13.0 Å². The van der Waals surface area contributed by atoms with Gasteiger partial charge < -0.3 is 10.1 Å². The Morgan fingerprint density at radius 3 is 3.00 bits per heavy atom. The molecule has 2 rings (SSSR count). The molecule has 1 N–H and O–H groups in total. The van der Waals surface area contributed by atoms with Crippen molar-refractivity contribution in [1.29, 1.82) is 0 Å². The van der Waals surface area contributed by atoms with Crippen molar-refractivity contribution in [3.05, 3.63) is 0 Å². The molecule has 0 aromatic rings. The molecule has 3 unspecified atom stereocenters. The number of rotatable bonds is 8. The fourth-order valence-corrected chi connectivity index (χ4v) is 4.51. The van der Waals surface area contributed by atoms with Gasteiger partial charge in [-0.05, 0) is 42.9 Å². The first kappa shape index (κ1) is 17.0. The van der Waals surface area contributed by atoms with Crippen LogP contribution in [0.15, 0.2) is 0 Å². The van der Waals surface area contributed by atoms with Gasteiger partial charge in [0.25, 0.3) is 0 Å². The second-order valence-corrected chi connectivity index (χ2v) is 7.18. The van der Waals surface area contributed by atoms with E-state index in [4.69, 9.17) is 16.6 Å². The van der Waals surface area contributed by atoms with Crippen molar-refractivity contribution in [1.82, 2.24) is 5.32 Å². The number of hydrogen-bond acceptors (Lipinski definition) is 3. The van der Waals surface area contributed by atoms with Crippen molar-refractivity contribution in [2.45, 2.75) is 51.9 Å². The van der Waals surface area contributed by atoms with Crippen LogP contribution in [0.5, 0.6) is 0 Å². The number of fused-ring (bicyclic) bond motifs is 2. The predicted octanol–water partition coefficient (Wildman–Crippen LogP) is 3.29. The molecule has 2 aliphatic rings. The summed E-state index contributed by atoms with van der Waals surface area (Å²) < 4.78 is 9.67. The van der Waals surface area contributed by atoms with Crippen LogP contribution in [0.2, 0.25) is 0 Å². The van der Waals surface area contributed by atoms with Gasteiger partial charge in [-0.15, -0.1) is 0 Å². The summed E-state index contributed by atoms with van der Waals surface area (Å²) in [6.07, 6.45) is 8.43. The van der Waals surface area contributed by atoms with E-state index in [1.54, 1.807) is 0 Å². The molecular formula is C16H28ClNO3. The zero-order valence-corrected chi connectivity index (χ0v) is 13.8. The van der Waals surface area contributed by atoms with E-state index in [0.717, 1.165) is 11.8 Å². The van der Waals surface area contributed by atoms with Gasteiger partial charge >= 0.3 is 0 Å². The number of nitrogens with one attached hydrogen (secondary N) is 1. The number of amides is 1. The minimum atomic E-state index is 0.182. The second kappa shape index (κ2) is 8.35. The van der Waals surface area contributed by atoms with Crippen molar-refractivity contribution in [3.63, 3.8) is 0 Å². The molecule has 0 aromatic carbocycles. The van der Waals surface area contributed by atoms with Gasteiger partial charge in [0.15, 0.2) is 0 Å². The highest BCUT2D eigenvalue weighted by atomic mass is 35.5. The first-order chi connectivity index (χ1) is 10.1. The van der Waals surface area contributed by atoms with Gasteiger partial charge in [-0.1, -0.05) is 19.8 Å². The van der Waals surface area contributed by atoms with E-state index in [1.165, 1.54) is 38.5 Å². The third-order valence-electron chi connectivity index (χ3n) is 4.97. The topological polar surface area (TPSA) is 47.6 Å². The smallest absolute Gasteiger partial charge is 0.220 e. The summed E-state index contributed by atoms with van der Waals surface area (Å²) in [6.45, 7) is 4.26. The molecule has 122 valence electrons. The van der Waals surface area contributed by atoms with Gasteiger partial charge in [0.1, 0.15) is 0 Å². The lowest BCUT2D eigenvalue weighted by atomic mass is 9.58. The molecule has 0 saturated heterocycles. The van der Waals surface area contributed by atoms with Crippen molar-refractivity contribution >= 4 is 17.8 Å².